The van der Waals surface area contributed by atoms with E-state index in [9.17, 15) is 9.59 Å². The monoisotopic (exact) mass is 372 g/mol. The molecule has 0 aliphatic carbocycles. The first-order chi connectivity index (χ1) is 11.0. The lowest BCUT2D eigenvalue weighted by atomic mass is 10.1. The van der Waals surface area contributed by atoms with E-state index in [1.807, 2.05) is 43.3 Å². The van der Waals surface area contributed by atoms with Crippen LogP contribution in [0, 0.1) is 6.92 Å². The van der Waals surface area contributed by atoms with E-state index in [1.165, 1.54) is 6.92 Å². The summed E-state index contributed by atoms with van der Waals surface area (Å²) in [5, 5.41) is 5.36. The Hall–Kier alpha value is -2.40. The average Bonchev–Trinajstić information content (AvgIpc) is 2.50. The third-order valence-electron chi connectivity index (χ3n) is 3.15. The highest BCUT2D eigenvalue weighted by molar-refractivity contribution is 9.10. The van der Waals surface area contributed by atoms with E-state index in [1.54, 1.807) is 18.2 Å². The highest BCUT2D eigenvalue weighted by Crippen LogP contribution is 2.16. The largest absolute Gasteiger partial charge is 0.322 e. The second-order valence-corrected chi connectivity index (χ2v) is 5.97. The molecule has 0 saturated heterocycles. The molecule has 5 heteroatoms. The lowest BCUT2D eigenvalue weighted by molar-refractivity contribution is -0.120. The molecule has 0 heterocycles. The van der Waals surface area contributed by atoms with Crippen molar-refractivity contribution in [3.63, 3.8) is 0 Å². The van der Waals surface area contributed by atoms with Crippen LogP contribution in [0.4, 0.5) is 5.69 Å². The van der Waals surface area contributed by atoms with Gasteiger partial charge in [-0.15, -0.1) is 0 Å². The molecule has 118 valence electrons. The van der Waals surface area contributed by atoms with Gasteiger partial charge in [0, 0.05) is 17.1 Å². The molecule has 2 amide bonds. The van der Waals surface area contributed by atoms with Crippen molar-refractivity contribution in [2.45, 2.75) is 13.8 Å². The zero-order chi connectivity index (χ0) is 16.8. The quantitative estimate of drug-likeness (QED) is 0.800. The molecular formula is C18H17BrN2O2. The van der Waals surface area contributed by atoms with Crippen LogP contribution in [0.2, 0.25) is 0 Å². The Bertz CT molecular complexity index is 752. The van der Waals surface area contributed by atoms with Gasteiger partial charge in [0.25, 0.3) is 5.91 Å². The minimum atomic E-state index is -0.370. The Morgan fingerprint density at radius 2 is 1.70 bits per heavy atom. The number of carbonyl (C=O) groups is 2. The molecule has 0 atom stereocenters. The molecule has 0 bridgehead atoms. The van der Waals surface area contributed by atoms with Crippen LogP contribution in [0.1, 0.15) is 18.1 Å². The summed E-state index contributed by atoms with van der Waals surface area (Å²) < 4.78 is 0.924. The Kier molecular flexibility index (Phi) is 5.71. The molecule has 23 heavy (non-hydrogen) atoms. The van der Waals surface area contributed by atoms with Crippen molar-refractivity contribution in [2.24, 2.45) is 0 Å². The molecule has 0 saturated carbocycles. The Balaban J connectivity index is 2.27. The number of aryl methyl sites for hydroxylation is 1. The topological polar surface area (TPSA) is 58.2 Å². The van der Waals surface area contributed by atoms with Crippen molar-refractivity contribution in [2.75, 3.05) is 5.32 Å². The van der Waals surface area contributed by atoms with E-state index >= 15 is 0 Å². The maximum atomic E-state index is 12.4. The molecule has 0 aliphatic heterocycles. The molecule has 4 nitrogen and oxygen atoms in total. The Morgan fingerprint density at radius 1 is 1.04 bits per heavy atom. The van der Waals surface area contributed by atoms with Crippen LogP contribution in [0.25, 0.3) is 6.08 Å². The average molecular weight is 373 g/mol. The van der Waals surface area contributed by atoms with E-state index in [-0.39, 0.29) is 17.5 Å². The summed E-state index contributed by atoms with van der Waals surface area (Å²) in [7, 11) is 0. The number of anilines is 1. The first-order valence-electron chi connectivity index (χ1n) is 7.07. The van der Waals surface area contributed by atoms with Crippen molar-refractivity contribution in [1.29, 1.82) is 0 Å². The van der Waals surface area contributed by atoms with Crippen LogP contribution in [-0.2, 0) is 9.59 Å². The predicted octanol–water partition coefficient (Wildman–Crippen LogP) is 3.87. The molecule has 0 radical (unpaired) electrons. The second-order valence-electron chi connectivity index (χ2n) is 5.06. The van der Waals surface area contributed by atoms with Gasteiger partial charge < -0.3 is 10.6 Å². The van der Waals surface area contributed by atoms with Crippen LogP contribution < -0.4 is 10.6 Å². The van der Waals surface area contributed by atoms with Gasteiger partial charge in [0.15, 0.2) is 0 Å². The first-order valence-corrected chi connectivity index (χ1v) is 7.87. The zero-order valence-electron chi connectivity index (χ0n) is 12.9. The van der Waals surface area contributed by atoms with Gasteiger partial charge in [-0.05, 0) is 48.4 Å². The Morgan fingerprint density at radius 3 is 2.30 bits per heavy atom. The normalized spacial score (nSPS) is 11.0. The maximum Gasteiger partial charge on any atom is 0.272 e. The highest BCUT2D eigenvalue weighted by atomic mass is 79.9. The predicted molar refractivity (Wildman–Crippen MR) is 95.7 cm³/mol. The highest BCUT2D eigenvalue weighted by Gasteiger charge is 2.12. The van der Waals surface area contributed by atoms with Crippen molar-refractivity contribution < 1.29 is 9.59 Å². The number of amides is 2. The van der Waals surface area contributed by atoms with E-state index in [4.69, 9.17) is 0 Å². The standard InChI is InChI=1S/C18H17BrN2O2/c1-12-5-3-4-6-14(12)11-17(20-13(2)22)18(23)21-16-9-7-15(19)8-10-16/h3-11H,1-2H3,(H,20,22)(H,21,23)/b17-11+. The summed E-state index contributed by atoms with van der Waals surface area (Å²) in [4.78, 5) is 23.8. The molecule has 0 aliphatic rings. The van der Waals surface area contributed by atoms with E-state index in [0.717, 1.165) is 15.6 Å². The van der Waals surface area contributed by atoms with Gasteiger partial charge in [0.1, 0.15) is 5.70 Å². The van der Waals surface area contributed by atoms with Crippen LogP contribution in [-0.4, -0.2) is 11.8 Å². The molecule has 2 rings (SSSR count). The van der Waals surface area contributed by atoms with Crippen molar-refractivity contribution in [3.05, 3.63) is 69.8 Å². The van der Waals surface area contributed by atoms with Crippen molar-refractivity contribution in [3.8, 4) is 0 Å². The molecule has 0 aromatic heterocycles. The van der Waals surface area contributed by atoms with Crippen molar-refractivity contribution in [1.82, 2.24) is 5.32 Å². The van der Waals surface area contributed by atoms with E-state index < -0.39 is 0 Å². The van der Waals surface area contributed by atoms with Gasteiger partial charge in [-0.2, -0.15) is 0 Å². The summed E-state index contributed by atoms with van der Waals surface area (Å²) in [5.74, 6) is -0.665. The lowest BCUT2D eigenvalue weighted by Gasteiger charge is -2.10. The number of benzene rings is 2. The summed E-state index contributed by atoms with van der Waals surface area (Å²) in [5.41, 5.74) is 2.75. The fourth-order valence-corrected chi connectivity index (χ4v) is 2.25. The van der Waals surface area contributed by atoms with Gasteiger partial charge in [0.05, 0.1) is 0 Å². The maximum absolute atomic E-state index is 12.4. The number of hydrogen-bond acceptors (Lipinski definition) is 2. The third-order valence-corrected chi connectivity index (χ3v) is 3.67. The van der Waals surface area contributed by atoms with Crippen LogP contribution in [0.15, 0.2) is 58.7 Å². The van der Waals surface area contributed by atoms with Gasteiger partial charge in [-0.25, -0.2) is 0 Å². The lowest BCUT2D eigenvalue weighted by Crippen LogP contribution is -2.29. The van der Waals surface area contributed by atoms with Crippen LogP contribution in [0.5, 0.6) is 0 Å². The fraction of sp³-hybridized carbons (Fsp3) is 0.111. The number of hydrogen-bond donors (Lipinski definition) is 2. The SMILES string of the molecule is CC(=O)N/C(=C/c1ccccc1C)C(=O)Nc1ccc(Br)cc1. The second kappa shape index (κ2) is 7.74. The van der Waals surface area contributed by atoms with Gasteiger partial charge in [0.2, 0.25) is 5.91 Å². The van der Waals surface area contributed by atoms with Gasteiger partial charge >= 0.3 is 0 Å². The molecule has 0 unspecified atom stereocenters. The molecule has 0 spiro atoms. The summed E-state index contributed by atoms with van der Waals surface area (Å²) in [6.07, 6.45) is 1.67. The van der Waals surface area contributed by atoms with Gasteiger partial charge in [-0.1, -0.05) is 40.2 Å². The number of rotatable bonds is 4. The first kappa shape index (κ1) is 17.0. The summed E-state index contributed by atoms with van der Waals surface area (Å²) >= 11 is 3.34. The van der Waals surface area contributed by atoms with E-state index in [0.29, 0.717) is 5.69 Å². The number of carbonyl (C=O) groups excluding carboxylic acids is 2. The molecule has 2 aromatic rings. The van der Waals surface area contributed by atoms with Crippen molar-refractivity contribution >= 4 is 39.5 Å². The summed E-state index contributed by atoms with van der Waals surface area (Å²) in [6.45, 7) is 3.32. The van der Waals surface area contributed by atoms with Crippen LogP contribution in [0.3, 0.4) is 0 Å². The van der Waals surface area contributed by atoms with E-state index in [2.05, 4.69) is 26.6 Å². The molecule has 0 fully saturated rings. The smallest absolute Gasteiger partial charge is 0.272 e. The number of nitrogens with one attached hydrogen (secondary N) is 2. The zero-order valence-corrected chi connectivity index (χ0v) is 14.5. The van der Waals surface area contributed by atoms with Gasteiger partial charge in [-0.3, -0.25) is 9.59 Å². The minimum absolute atomic E-state index is 0.203. The molecule has 2 aromatic carbocycles. The molecular weight excluding hydrogens is 356 g/mol. The Labute approximate surface area is 143 Å². The molecule has 2 N–H and O–H groups in total. The summed E-state index contributed by atoms with van der Waals surface area (Å²) in [6, 6.07) is 14.9. The number of halogens is 1. The minimum Gasteiger partial charge on any atom is -0.322 e. The fourth-order valence-electron chi connectivity index (χ4n) is 1.98. The van der Waals surface area contributed by atoms with Crippen LogP contribution >= 0.6 is 15.9 Å². The third kappa shape index (κ3) is 5.07.